The zero-order valence-electron chi connectivity index (χ0n) is 11.9. The lowest BCUT2D eigenvalue weighted by molar-refractivity contribution is 0.0947. The number of phenols is 1. The highest BCUT2D eigenvalue weighted by molar-refractivity contribution is 14.1. The fourth-order valence-corrected chi connectivity index (χ4v) is 3.28. The number of aromatic hydroxyl groups is 1. The second kappa shape index (κ2) is 7.29. The van der Waals surface area contributed by atoms with Crippen molar-refractivity contribution in [3.63, 3.8) is 0 Å². The van der Waals surface area contributed by atoms with Gasteiger partial charge in [0.2, 0.25) is 0 Å². The lowest BCUT2D eigenvalue weighted by Gasteiger charge is -2.26. The highest BCUT2D eigenvalue weighted by Gasteiger charge is 2.18. The van der Waals surface area contributed by atoms with Gasteiger partial charge < -0.3 is 10.4 Å². The Morgan fingerprint density at radius 3 is 2.75 bits per heavy atom. The third kappa shape index (κ3) is 4.36. The van der Waals surface area contributed by atoms with Gasteiger partial charge in [0.1, 0.15) is 5.75 Å². The molecule has 0 unspecified atom stereocenters. The van der Waals surface area contributed by atoms with Crippen LogP contribution in [0.5, 0.6) is 5.75 Å². The highest BCUT2D eigenvalue weighted by Crippen LogP contribution is 2.30. The molecule has 1 aliphatic rings. The average Bonchev–Trinajstić information content (AvgIpc) is 2.43. The van der Waals surface area contributed by atoms with Crippen molar-refractivity contribution in [1.29, 1.82) is 0 Å². The van der Waals surface area contributed by atoms with E-state index >= 15 is 0 Å². The summed E-state index contributed by atoms with van der Waals surface area (Å²) in [6.45, 7) is 3.01. The van der Waals surface area contributed by atoms with Crippen molar-refractivity contribution in [1.82, 2.24) is 5.32 Å². The number of rotatable bonds is 4. The Labute approximate surface area is 134 Å². The van der Waals surface area contributed by atoms with E-state index in [4.69, 9.17) is 0 Å². The smallest absolute Gasteiger partial charge is 0.255 e. The number of benzene rings is 1. The summed E-state index contributed by atoms with van der Waals surface area (Å²) >= 11 is 2.14. The molecule has 1 saturated carbocycles. The predicted octanol–water partition coefficient (Wildman–Crippen LogP) is 3.94. The molecule has 110 valence electrons. The summed E-state index contributed by atoms with van der Waals surface area (Å²) in [5, 5.41) is 12.6. The Hall–Kier alpha value is -0.780. The minimum atomic E-state index is -0.176. The van der Waals surface area contributed by atoms with Gasteiger partial charge in [0, 0.05) is 10.1 Å². The molecule has 0 aliphatic heterocycles. The van der Waals surface area contributed by atoms with Crippen LogP contribution in [-0.4, -0.2) is 17.6 Å². The Balaban J connectivity index is 1.79. The molecule has 0 heterocycles. The first-order valence-corrected chi connectivity index (χ1v) is 8.41. The number of nitrogens with one attached hydrogen (secondary N) is 1. The van der Waals surface area contributed by atoms with Crippen LogP contribution >= 0.6 is 22.6 Å². The number of hydrogen-bond acceptors (Lipinski definition) is 2. The molecule has 20 heavy (non-hydrogen) atoms. The van der Waals surface area contributed by atoms with Crippen LogP contribution in [0.3, 0.4) is 0 Å². The number of phenolic OH excluding ortho intramolecular Hbond substituents is 1. The highest BCUT2D eigenvalue weighted by atomic mass is 127. The van der Waals surface area contributed by atoms with Gasteiger partial charge in [-0.1, -0.05) is 32.6 Å². The van der Waals surface area contributed by atoms with Gasteiger partial charge in [-0.3, -0.25) is 4.79 Å². The zero-order chi connectivity index (χ0) is 14.5. The van der Waals surface area contributed by atoms with Gasteiger partial charge in [-0.05, 0) is 59.0 Å². The molecule has 0 bridgehead atoms. The SMILES string of the molecule is CC1CCC(CCNC(=O)c2cc(I)ccc2O)CC1. The summed E-state index contributed by atoms with van der Waals surface area (Å²) < 4.78 is 0.951. The minimum Gasteiger partial charge on any atom is -0.507 e. The van der Waals surface area contributed by atoms with Gasteiger partial charge in [-0.25, -0.2) is 0 Å². The van der Waals surface area contributed by atoms with Crippen LogP contribution < -0.4 is 5.32 Å². The fourth-order valence-electron chi connectivity index (χ4n) is 2.79. The zero-order valence-corrected chi connectivity index (χ0v) is 14.0. The molecule has 0 atom stereocenters. The average molecular weight is 387 g/mol. The number of carbonyl (C=O) groups excluding carboxylic acids is 1. The third-order valence-electron chi connectivity index (χ3n) is 4.18. The van der Waals surface area contributed by atoms with Crippen LogP contribution in [0.4, 0.5) is 0 Å². The van der Waals surface area contributed by atoms with Crippen LogP contribution in [-0.2, 0) is 0 Å². The molecule has 1 aliphatic carbocycles. The van der Waals surface area contributed by atoms with Crippen LogP contribution in [0.1, 0.15) is 49.4 Å². The van der Waals surface area contributed by atoms with E-state index in [1.807, 2.05) is 0 Å². The topological polar surface area (TPSA) is 49.3 Å². The monoisotopic (exact) mass is 387 g/mol. The van der Waals surface area contributed by atoms with Crippen molar-refractivity contribution in [3.05, 3.63) is 27.3 Å². The largest absolute Gasteiger partial charge is 0.507 e. The Morgan fingerprint density at radius 1 is 1.35 bits per heavy atom. The Bertz CT molecular complexity index is 468. The van der Waals surface area contributed by atoms with Crippen LogP contribution in [0.25, 0.3) is 0 Å². The van der Waals surface area contributed by atoms with Crippen molar-refractivity contribution >= 4 is 28.5 Å². The van der Waals surface area contributed by atoms with E-state index < -0.39 is 0 Å². The normalized spacial score (nSPS) is 22.5. The molecule has 2 N–H and O–H groups in total. The molecular weight excluding hydrogens is 365 g/mol. The first kappa shape index (κ1) is 15.6. The molecule has 2 rings (SSSR count). The maximum Gasteiger partial charge on any atom is 0.255 e. The number of amides is 1. The third-order valence-corrected chi connectivity index (χ3v) is 4.85. The van der Waals surface area contributed by atoms with Crippen LogP contribution in [0.2, 0.25) is 0 Å². The molecular formula is C16H22INO2. The van der Waals surface area contributed by atoms with E-state index in [1.54, 1.807) is 18.2 Å². The Kier molecular flexibility index (Phi) is 5.69. The molecule has 1 amide bonds. The second-order valence-electron chi connectivity index (χ2n) is 5.83. The number of halogens is 1. The summed E-state index contributed by atoms with van der Waals surface area (Å²) in [4.78, 5) is 12.0. The van der Waals surface area contributed by atoms with E-state index in [-0.39, 0.29) is 11.7 Å². The summed E-state index contributed by atoms with van der Waals surface area (Å²) in [6, 6.07) is 5.07. The van der Waals surface area contributed by atoms with Crippen molar-refractivity contribution in [3.8, 4) is 5.75 Å². The quantitative estimate of drug-likeness (QED) is 0.769. The van der Waals surface area contributed by atoms with E-state index in [0.29, 0.717) is 12.1 Å². The maximum absolute atomic E-state index is 12.0. The standard InChI is InChI=1S/C16H22INO2/c1-11-2-4-12(5-3-11)8-9-18-16(20)14-10-13(17)6-7-15(14)19/h6-7,10-12,19H,2-5,8-9H2,1H3,(H,18,20). The summed E-state index contributed by atoms with van der Waals surface area (Å²) in [7, 11) is 0. The molecule has 1 aromatic carbocycles. The van der Waals surface area contributed by atoms with E-state index in [9.17, 15) is 9.90 Å². The Morgan fingerprint density at radius 2 is 2.05 bits per heavy atom. The van der Waals surface area contributed by atoms with Gasteiger partial charge >= 0.3 is 0 Å². The van der Waals surface area contributed by atoms with E-state index in [2.05, 4.69) is 34.8 Å². The predicted molar refractivity (Wildman–Crippen MR) is 88.9 cm³/mol. The van der Waals surface area contributed by atoms with E-state index in [1.165, 1.54) is 25.7 Å². The van der Waals surface area contributed by atoms with Gasteiger partial charge in [-0.2, -0.15) is 0 Å². The van der Waals surface area contributed by atoms with Gasteiger partial charge in [0.05, 0.1) is 5.56 Å². The fraction of sp³-hybridized carbons (Fsp3) is 0.562. The first-order valence-electron chi connectivity index (χ1n) is 7.33. The molecule has 0 spiro atoms. The first-order chi connectivity index (χ1) is 9.56. The number of carbonyl (C=O) groups is 1. The summed E-state index contributed by atoms with van der Waals surface area (Å²) in [5.41, 5.74) is 0.370. The minimum absolute atomic E-state index is 0.0504. The molecule has 0 aromatic heterocycles. The van der Waals surface area contributed by atoms with Crippen molar-refractivity contribution in [2.45, 2.75) is 39.0 Å². The van der Waals surface area contributed by atoms with Gasteiger partial charge in [-0.15, -0.1) is 0 Å². The molecule has 1 aromatic rings. The van der Waals surface area contributed by atoms with Crippen molar-refractivity contribution in [2.24, 2.45) is 11.8 Å². The number of hydrogen-bond donors (Lipinski definition) is 2. The van der Waals surface area contributed by atoms with Crippen LogP contribution in [0.15, 0.2) is 18.2 Å². The van der Waals surface area contributed by atoms with Crippen molar-refractivity contribution in [2.75, 3.05) is 6.54 Å². The lowest BCUT2D eigenvalue weighted by atomic mass is 9.81. The van der Waals surface area contributed by atoms with E-state index in [0.717, 1.165) is 21.8 Å². The molecule has 1 fully saturated rings. The lowest BCUT2D eigenvalue weighted by Crippen LogP contribution is -2.27. The van der Waals surface area contributed by atoms with Gasteiger partial charge in [0.25, 0.3) is 5.91 Å². The second-order valence-corrected chi connectivity index (χ2v) is 7.08. The molecule has 0 radical (unpaired) electrons. The molecule has 0 saturated heterocycles. The summed E-state index contributed by atoms with van der Waals surface area (Å²) in [5.74, 6) is 1.49. The molecule has 4 heteroatoms. The van der Waals surface area contributed by atoms with Gasteiger partial charge in [0.15, 0.2) is 0 Å². The summed E-state index contributed by atoms with van der Waals surface area (Å²) in [6.07, 6.45) is 6.24. The maximum atomic E-state index is 12.0. The van der Waals surface area contributed by atoms with Crippen LogP contribution in [0, 0.1) is 15.4 Å². The van der Waals surface area contributed by atoms with Crippen molar-refractivity contribution < 1.29 is 9.90 Å². The molecule has 3 nitrogen and oxygen atoms in total.